The number of nitrogens with zero attached hydrogens (tertiary/aromatic N) is 2. The van der Waals surface area contributed by atoms with Crippen molar-refractivity contribution >= 4 is 76.8 Å². The van der Waals surface area contributed by atoms with Crippen molar-refractivity contribution in [2.75, 3.05) is 32.8 Å². The summed E-state index contributed by atoms with van der Waals surface area (Å²) in [6.07, 6.45) is -1.69. The minimum atomic E-state index is -1.86. The van der Waals surface area contributed by atoms with Crippen molar-refractivity contribution in [3.63, 3.8) is 0 Å². The van der Waals surface area contributed by atoms with E-state index in [1.54, 1.807) is 30.3 Å². The lowest BCUT2D eigenvalue weighted by Crippen LogP contribution is -2.62. The number of phenolic OH excluding ortho intramolecular Hbond substituents is 2. The number of rotatable bonds is 36. The van der Waals surface area contributed by atoms with Crippen LogP contribution in [0.1, 0.15) is 83.4 Å². The lowest BCUT2D eigenvalue weighted by atomic mass is 10.0. The number of aliphatic imine (C=N–C) groups is 1. The Morgan fingerprint density at radius 1 is 0.559 bits per heavy atom. The largest absolute Gasteiger partial charge is 0.508 e. The second-order valence-corrected chi connectivity index (χ2v) is 22.8. The molecule has 1 saturated heterocycles. The average molecular weight is 1300 g/mol. The zero-order valence-corrected chi connectivity index (χ0v) is 52.4. The molecule has 0 unspecified atom stereocenters. The first-order chi connectivity index (χ1) is 44.0. The number of benzene rings is 3. The minimum absolute atomic E-state index is 0.00930. The molecule has 1 aliphatic heterocycles. The van der Waals surface area contributed by atoms with Crippen molar-refractivity contribution in [3.05, 3.63) is 95.6 Å². The van der Waals surface area contributed by atoms with Gasteiger partial charge in [0.2, 0.25) is 70.9 Å². The van der Waals surface area contributed by atoms with Crippen LogP contribution in [0.5, 0.6) is 11.5 Å². The predicted molar refractivity (Wildman–Crippen MR) is 335 cm³/mol. The van der Waals surface area contributed by atoms with Crippen LogP contribution in [0.3, 0.4) is 0 Å². The number of hydrogen-bond acceptors (Lipinski definition) is 18. The van der Waals surface area contributed by atoms with Crippen molar-refractivity contribution in [3.8, 4) is 11.5 Å². The van der Waals surface area contributed by atoms with Gasteiger partial charge < -0.3 is 101 Å². The van der Waals surface area contributed by atoms with Crippen molar-refractivity contribution in [2.24, 2.45) is 28.1 Å². The number of carbonyl (C=O) groups excluding carboxylic acids is 12. The molecule has 0 aromatic heterocycles. The molecule has 0 bridgehead atoms. The van der Waals surface area contributed by atoms with Crippen molar-refractivity contribution < 1.29 is 83.1 Å². The number of phenols is 2. The van der Waals surface area contributed by atoms with Crippen LogP contribution in [0.25, 0.3) is 0 Å². The van der Waals surface area contributed by atoms with E-state index in [-0.39, 0.29) is 87.8 Å². The monoisotopic (exact) mass is 1300 g/mol. The molecule has 21 N–H and O–H groups in total. The molecule has 3 aromatic carbocycles. The molecule has 12 amide bonds. The number of aliphatic hydroxyl groups excluding tert-OH is 3. The van der Waals surface area contributed by atoms with Gasteiger partial charge in [0.25, 0.3) is 0 Å². The zero-order valence-electron chi connectivity index (χ0n) is 52.4. The first-order valence-electron chi connectivity index (χ1n) is 30.1. The van der Waals surface area contributed by atoms with Gasteiger partial charge in [-0.25, -0.2) is 0 Å². The Bertz CT molecular complexity index is 3100. The van der Waals surface area contributed by atoms with E-state index in [0.717, 1.165) is 11.8 Å². The maximum atomic E-state index is 14.3. The summed E-state index contributed by atoms with van der Waals surface area (Å²) in [4.78, 5) is 167. The summed E-state index contributed by atoms with van der Waals surface area (Å²) >= 11 is 0. The normalized spacial score (nSPS) is 15.9. The van der Waals surface area contributed by atoms with E-state index in [2.05, 4.69) is 58.2 Å². The molecule has 508 valence electrons. The van der Waals surface area contributed by atoms with E-state index >= 15 is 0 Å². The fourth-order valence-electron chi connectivity index (χ4n) is 9.77. The summed E-state index contributed by atoms with van der Waals surface area (Å²) in [6, 6.07) is 5.12. The molecule has 1 heterocycles. The van der Waals surface area contributed by atoms with E-state index < -0.39 is 157 Å². The highest BCUT2D eigenvalue weighted by atomic mass is 16.3. The Morgan fingerprint density at radius 2 is 1.03 bits per heavy atom. The second kappa shape index (κ2) is 37.4. The number of nitrogens with one attached hydrogen (secondary N) is 10. The SMILES string of the molecule is CC(=O)N[C@@H](CC(C)C)C(=O)N[C@@H](Cc1ccc(O)cc1)C(=O)N[C@@H](CCCN=C(N)N)C(=O)N[C@@H](C)C(=O)N[C@@H](Cc1ccccc1)C(=O)N[C@H](C(=O)N[C@@H](CO)C(=O)N1CCC[C@H]1C(=O)NCC(=O)N[C@@H](Cc1ccc(O)cc1)C(=O)N[C@@H](CO)C(N)=O)[C@@H](C)O. The average Bonchev–Trinajstić information content (AvgIpc) is 1.87. The van der Waals surface area contributed by atoms with Crippen LogP contribution in [-0.2, 0) is 76.8 Å². The van der Waals surface area contributed by atoms with Crippen LogP contribution in [-0.4, -0.2) is 207 Å². The molecular formula is C61H87N15O17. The third-order valence-corrected chi connectivity index (χ3v) is 14.6. The van der Waals surface area contributed by atoms with Crippen LogP contribution in [0.15, 0.2) is 83.9 Å². The number of nitrogens with two attached hydrogens (primary N) is 3. The lowest BCUT2D eigenvalue weighted by molar-refractivity contribution is -0.143. The summed E-state index contributed by atoms with van der Waals surface area (Å²) in [5.41, 5.74) is 17.8. The van der Waals surface area contributed by atoms with Crippen LogP contribution in [0.4, 0.5) is 0 Å². The third kappa shape index (κ3) is 25.3. The topological polar surface area (TPSA) is 520 Å². The number of aliphatic hydroxyl groups is 3. The van der Waals surface area contributed by atoms with Crippen LogP contribution >= 0.6 is 0 Å². The molecule has 32 nitrogen and oxygen atoms in total. The van der Waals surface area contributed by atoms with Gasteiger partial charge in [-0.1, -0.05) is 68.4 Å². The van der Waals surface area contributed by atoms with Gasteiger partial charge >= 0.3 is 0 Å². The minimum Gasteiger partial charge on any atom is -0.508 e. The van der Waals surface area contributed by atoms with Crippen LogP contribution < -0.4 is 70.4 Å². The number of aromatic hydroxyl groups is 2. The maximum absolute atomic E-state index is 14.3. The highest BCUT2D eigenvalue weighted by Crippen LogP contribution is 2.20. The molecule has 4 rings (SSSR count). The fourth-order valence-corrected chi connectivity index (χ4v) is 9.77. The van der Waals surface area contributed by atoms with E-state index in [4.69, 9.17) is 17.2 Å². The lowest BCUT2D eigenvalue weighted by Gasteiger charge is -2.30. The van der Waals surface area contributed by atoms with Crippen LogP contribution in [0, 0.1) is 5.92 Å². The number of carbonyl (C=O) groups is 12. The smallest absolute Gasteiger partial charge is 0.248 e. The maximum Gasteiger partial charge on any atom is 0.248 e. The number of primary amides is 1. The molecule has 3 aromatic rings. The summed E-state index contributed by atoms with van der Waals surface area (Å²) in [7, 11) is 0. The van der Waals surface area contributed by atoms with Gasteiger partial charge in [-0.3, -0.25) is 62.5 Å². The van der Waals surface area contributed by atoms with Crippen molar-refractivity contribution in [2.45, 2.75) is 153 Å². The number of likely N-dealkylation sites (tertiary alicyclic amines) is 1. The Morgan fingerprint density at radius 3 is 1.54 bits per heavy atom. The van der Waals surface area contributed by atoms with Gasteiger partial charge in [-0.05, 0) is 92.8 Å². The molecule has 0 aliphatic carbocycles. The predicted octanol–water partition coefficient (Wildman–Crippen LogP) is -5.41. The molecular weight excluding hydrogens is 1210 g/mol. The first kappa shape index (κ1) is 75.5. The Kier molecular flexibility index (Phi) is 30.4. The van der Waals surface area contributed by atoms with Gasteiger partial charge in [0, 0.05) is 39.3 Å². The molecule has 32 heteroatoms. The quantitative estimate of drug-likeness (QED) is 0.0147. The van der Waals surface area contributed by atoms with E-state index in [1.165, 1.54) is 62.4 Å². The van der Waals surface area contributed by atoms with Crippen LogP contribution in [0.2, 0.25) is 0 Å². The number of guanidine groups is 1. The molecule has 0 radical (unpaired) electrons. The molecule has 0 spiro atoms. The molecule has 1 aliphatic rings. The van der Waals surface area contributed by atoms with Gasteiger partial charge in [-0.2, -0.15) is 0 Å². The summed E-state index contributed by atoms with van der Waals surface area (Å²) in [6.45, 7) is 4.67. The number of hydrogen-bond donors (Lipinski definition) is 18. The molecule has 1 fully saturated rings. The second-order valence-electron chi connectivity index (χ2n) is 22.8. The molecule has 93 heavy (non-hydrogen) atoms. The first-order valence-corrected chi connectivity index (χ1v) is 30.1. The summed E-state index contributed by atoms with van der Waals surface area (Å²) in [5.74, 6) is -11.2. The third-order valence-electron chi connectivity index (χ3n) is 14.6. The molecule has 11 atom stereocenters. The van der Waals surface area contributed by atoms with Gasteiger partial charge in [0.05, 0.1) is 25.9 Å². The Balaban J connectivity index is 1.48. The van der Waals surface area contributed by atoms with Gasteiger partial charge in [0.15, 0.2) is 5.96 Å². The van der Waals surface area contributed by atoms with Crippen molar-refractivity contribution in [1.29, 1.82) is 0 Å². The fraction of sp³-hybridized carbons (Fsp3) is 0.492. The van der Waals surface area contributed by atoms with E-state index in [9.17, 15) is 83.1 Å². The Labute approximate surface area is 536 Å². The highest BCUT2D eigenvalue weighted by molar-refractivity contribution is 5.99. The standard InChI is InChI=1S/C61H87N15O17/c1-32(2)25-42(68-35(5)80)54(87)72-44(28-38-17-21-40(82)22-18-38)56(89)70-41(13-9-23-65-61(63)64)53(86)67-33(3)52(85)71-45(26-36-11-7-6-8-12-36)57(90)75-50(34(4)79)59(92)74-47(31-78)60(93)76-24-10-14-48(76)58(91)66-29-49(83)69-43(27-37-15-19-39(81)20-16-37)55(88)73-46(30-77)51(62)84/h6-8,11-12,15-22,32-34,41-48,50,77-79,81-82H,9-10,13-14,23-31H2,1-5H3,(H2,62,84)(H,66,91)(H,67,86)(H,68,80)(H,69,83)(H,70,89)(H,71,85)(H,72,87)(H,73,88)(H,74,92)(H,75,90)(H4,63,64,65)/t33-,34+,41-,42-,43-,44-,45-,46-,47-,48-,50-/m0/s1. The summed E-state index contributed by atoms with van der Waals surface area (Å²) in [5, 5.41) is 75.4. The van der Waals surface area contributed by atoms with E-state index in [0.29, 0.717) is 16.7 Å². The van der Waals surface area contributed by atoms with Gasteiger partial charge in [0.1, 0.15) is 71.9 Å². The van der Waals surface area contributed by atoms with E-state index in [1.807, 2.05) is 13.8 Å². The molecule has 0 saturated carbocycles. The Hall–Kier alpha value is -9.95. The van der Waals surface area contributed by atoms with Gasteiger partial charge in [-0.15, -0.1) is 0 Å². The van der Waals surface area contributed by atoms with Crippen molar-refractivity contribution in [1.82, 2.24) is 58.1 Å². The number of amides is 12. The zero-order chi connectivity index (χ0) is 69.1. The summed E-state index contributed by atoms with van der Waals surface area (Å²) < 4.78 is 0. The highest BCUT2D eigenvalue weighted by Gasteiger charge is 2.40.